The molecule has 0 aromatic carbocycles. The number of alkyl halides is 6. The number of carbonyl (C=O) groups excluding carboxylic acids is 3. The molecule has 14 heteroatoms. The van der Waals surface area contributed by atoms with Gasteiger partial charge in [-0.25, -0.2) is 9.78 Å². The number of likely N-dealkylation sites (tertiary alicyclic amines) is 1. The summed E-state index contributed by atoms with van der Waals surface area (Å²) >= 11 is 0. The van der Waals surface area contributed by atoms with Gasteiger partial charge in [0.2, 0.25) is 5.91 Å². The SMILES string of the molecule is CNC(=O)c1ccc(NC(=O)[C@@H]2CC23CCN(C(=O)OC(C(F)(F)F)C(F)(F)F)CC3)cn1. The fourth-order valence-corrected chi connectivity index (χ4v) is 3.86. The molecule has 3 rings (SSSR count). The van der Waals surface area contributed by atoms with Gasteiger partial charge in [0.1, 0.15) is 5.69 Å². The van der Waals surface area contributed by atoms with E-state index < -0.39 is 41.8 Å². The number of halogens is 6. The van der Waals surface area contributed by atoms with Gasteiger partial charge in [-0.3, -0.25) is 9.59 Å². The molecule has 0 unspecified atom stereocenters. The third kappa shape index (κ3) is 5.47. The molecule has 3 amide bonds. The van der Waals surface area contributed by atoms with Crippen LogP contribution in [0.4, 0.5) is 36.8 Å². The van der Waals surface area contributed by atoms with Gasteiger partial charge in [0.25, 0.3) is 12.0 Å². The molecule has 182 valence electrons. The zero-order valence-corrected chi connectivity index (χ0v) is 17.2. The summed E-state index contributed by atoms with van der Waals surface area (Å²) in [7, 11) is 1.45. The van der Waals surface area contributed by atoms with Crippen LogP contribution in [0, 0.1) is 11.3 Å². The molecule has 2 fully saturated rings. The molecule has 1 aromatic rings. The highest BCUT2D eigenvalue weighted by Crippen LogP contribution is 2.59. The molecule has 1 saturated heterocycles. The molecule has 8 nitrogen and oxygen atoms in total. The first-order chi connectivity index (χ1) is 15.3. The van der Waals surface area contributed by atoms with Gasteiger partial charge in [0, 0.05) is 26.1 Å². The van der Waals surface area contributed by atoms with Gasteiger partial charge in [-0.1, -0.05) is 0 Å². The van der Waals surface area contributed by atoms with Crippen LogP contribution in [-0.2, 0) is 9.53 Å². The molecule has 2 aliphatic rings. The van der Waals surface area contributed by atoms with E-state index in [0.29, 0.717) is 12.1 Å². The summed E-state index contributed by atoms with van der Waals surface area (Å²) in [6.45, 7) is -0.263. The van der Waals surface area contributed by atoms with Crippen LogP contribution < -0.4 is 10.6 Å². The van der Waals surface area contributed by atoms with Crippen LogP contribution in [0.25, 0.3) is 0 Å². The van der Waals surface area contributed by atoms with Crippen molar-refractivity contribution in [2.75, 3.05) is 25.5 Å². The normalized spacial score (nSPS) is 19.9. The number of piperidine rings is 1. The maximum absolute atomic E-state index is 12.6. The number of nitrogens with zero attached hydrogens (tertiary/aromatic N) is 2. The van der Waals surface area contributed by atoms with Gasteiger partial charge in [0.15, 0.2) is 0 Å². The zero-order valence-electron chi connectivity index (χ0n) is 17.2. The summed E-state index contributed by atoms with van der Waals surface area (Å²) in [5, 5.41) is 5.07. The van der Waals surface area contributed by atoms with E-state index in [1.165, 1.54) is 25.4 Å². The van der Waals surface area contributed by atoms with Crippen LogP contribution in [0.3, 0.4) is 0 Å². The van der Waals surface area contributed by atoms with Gasteiger partial charge >= 0.3 is 18.4 Å². The number of amides is 3. The Morgan fingerprint density at radius 3 is 2.21 bits per heavy atom. The monoisotopic (exact) mass is 482 g/mol. The Morgan fingerprint density at radius 1 is 1.12 bits per heavy atom. The van der Waals surface area contributed by atoms with Gasteiger partial charge in [-0.05, 0) is 36.8 Å². The third-order valence-corrected chi connectivity index (χ3v) is 5.83. The Labute approximate surface area is 183 Å². The van der Waals surface area contributed by atoms with Crippen molar-refractivity contribution < 1.29 is 45.5 Å². The second kappa shape index (κ2) is 8.71. The molecule has 33 heavy (non-hydrogen) atoms. The fraction of sp³-hybridized carbons (Fsp3) is 0.579. The van der Waals surface area contributed by atoms with Crippen molar-refractivity contribution in [3.05, 3.63) is 24.0 Å². The molecular formula is C19H20F6N4O4. The minimum Gasteiger partial charge on any atom is -0.426 e. The summed E-state index contributed by atoms with van der Waals surface area (Å²) in [6, 6.07) is 2.93. The lowest BCUT2D eigenvalue weighted by atomic mass is 9.91. The highest BCUT2D eigenvalue weighted by atomic mass is 19.4. The van der Waals surface area contributed by atoms with Gasteiger partial charge < -0.3 is 20.3 Å². The zero-order chi connectivity index (χ0) is 24.6. The van der Waals surface area contributed by atoms with Crippen LogP contribution in [0.2, 0.25) is 0 Å². The first-order valence-corrected chi connectivity index (χ1v) is 9.85. The summed E-state index contributed by atoms with van der Waals surface area (Å²) in [5.74, 6) is -1.14. The summed E-state index contributed by atoms with van der Waals surface area (Å²) in [4.78, 5) is 40.6. The van der Waals surface area contributed by atoms with E-state index in [-0.39, 0.29) is 37.5 Å². The number of rotatable bonds is 4. The Hall–Kier alpha value is -3.06. The Morgan fingerprint density at radius 2 is 1.73 bits per heavy atom. The smallest absolute Gasteiger partial charge is 0.426 e. The largest absolute Gasteiger partial charge is 0.434 e. The number of pyridine rings is 1. The molecule has 1 saturated carbocycles. The predicted molar refractivity (Wildman–Crippen MR) is 100.0 cm³/mol. The second-order valence-electron chi connectivity index (χ2n) is 7.95. The maximum atomic E-state index is 12.6. The number of ether oxygens (including phenoxy) is 1. The minimum atomic E-state index is -5.78. The summed E-state index contributed by atoms with van der Waals surface area (Å²) in [6.07, 6.45) is -15.2. The van der Waals surface area contributed by atoms with E-state index in [1.54, 1.807) is 0 Å². The summed E-state index contributed by atoms with van der Waals surface area (Å²) in [5.41, 5.74) is 0.0426. The van der Waals surface area contributed by atoms with Crippen LogP contribution in [0.15, 0.2) is 18.3 Å². The van der Waals surface area contributed by atoms with Crippen LogP contribution >= 0.6 is 0 Å². The molecule has 1 spiro atoms. The molecule has 2 N–H and O–H groups in total. The van der Waals surface area contributed by atoms with Crippen LogP contribution in [0.5, 0.6) is 0 Å². The van der Waals surface area contributed by atoms with Crippen molar-refractivity contribution in [1.29, 1.82) is 0 Å². The minimum absolute atomic E-state index is 0.132. The predicted octanol–water partition coefficient (Wildman–Crippen LogP) is 3.11. The van der Waals surface area contributed by atoms with E-state index in [1.807, 2.05) is 0 Å². The molecule has 0 radical (unpaired) electrons. The van der Waals surface area contributed by atoms with Gasteiger partial charge in [-0.2, -0.15) is 26.3 Å². The van der Waals surface area contributed by atoms with Crippen LogP contribution in [-0.4, -0.2) is 66.4 Å². The Balaban J connectivity index is 1.52. The molecule has 1 aromatic heterocycles. The Kier molecular flexibility index (Phi) is 6.48. The van der Waals surface area contributed by atoms with Gasteiger partial charge in [0.05, 0.1) is 11.9 Å². The van der Waals surface area contributed by atoms with E-state index in [4.69, 9.17) is 0 Å². The lowest BCUT2D eigenvalue weighted by molar-refractivity contribution is -0.308. The maximum Gasteiger partial charge on any atom is 0.434 e. The lowest BCUT2D eigenvalue weighted by Crippen LogP contribution is -2.49. The number of hydrogen-bond acceptors (Lipinski definition) is 5. The highest BCUT2D eigenvalue weighted by molar-refractivity contribution is 5.96. The standard InChI is InChI=1S/C19H20F6N4O4/c1-26-14(31)12-3-2-10(9-27-12)28-13(30)11-8-17(11)4-6-29(7-5-17)16(32)33-15(18(20,21)22)19(23,24)25/h2-3,9,11,15H,4-8H2,1H3,(H,26,31)(H,28,30)/t11-/m0/s1. The number of anilines is 1. The van der Waals surface area contributed by atoms with E-state index in [0.717, 1.165) is 4.90 Å². The molecule has 1 atom stereocenters. The van der Waals surface area contributed by atoms with Crippen molar-refractivity contribution in [2.24, 2.45) is 11.3 Å². The molecule has 1 aliphatic heterocycles. The molecule has 1 aliphatic carbocycles. The highest BCUT2D eigenvalue weighted by Gasteiger charge is 2.61. The average molecular weight is 482 g/mol. The van der Waals surface area contributed by atoms with Crippen molar-refractivity contribution in [3.63, 3.8) is 0 Å². The number of aromatic nitrogens is 1. The topological polar surface area (TPSA) is 101 Å². The molecule has 0 bridgehead atoms. The number of carbonyl (C=O) groups is 3. The Bertz CT molecular complexity index is 896. The van der Waals surface area contributed by atoms with Gasteiger partial charge in [-0.15, -0.1) is 0 Å². The van der Waals surface area contributed by atoms with E-state index >= 15 is 0 Å². The molecular weight excluding hydrogens is 462 g/mol. The number of nitrogens with one attached hydrogen (secondary N) is 2. The number of hydrogen-bond donors (Lipinski definition) is 2. The van der Waals surface area contributed by atoms with Crippen LogP contribution in [0.1, 0.15) is 29.8 Å². The lowest BCUT2D eigenvalue weighted by Gasteiger charge is -2.33. The van der Waals surface area contributed by atoms with E-state index in [9.17, 15) is 40.7 Å². The first kappa shape index (κ1) is 24.6. The fourth-order valence-electron chi connectivity index (χ4n) is 3.86. The quantitative estimate of drug-likeness (QED) is 0.643. The first-order valence-electron chi connectivity index (χ1n) is 9.85. The van der Waals surface area contributed by atoms with Crippen molar-refractivity contribution in [2.45, 2.75) is 37.7 Å². The summed E-state index contributed by atoms with van der Waals surface area (Å²) < 4.78 is 79.3. The van der Waals surface area contributed by atoms with Crippen molar-refractivity contribution in [1.82, 2.24) is 15.2 Å². The third-order valence-electron chi connectivity index (χ3n) is 5.83. The molecule has 2 heterocycles. The van der Waals surface area contributed by atoms with Crippen molar-refractivity contribution >= 4 is 23.6 Å². The average Bonchev–Trinajstić information content (AvgIpc) is 3.44. The van der Waals surface area contributed by atoms with E-state index in [2.05, 4.69) is 20.4 Å². The van der Waals surface area contributed by atoms with Crippen molar-refractivity contribution in [3.8, 4) is 0 Å². The second-order valence-corrected chi connectivity index (χ2v) is 7.95.